The molecule has 0 atom stereocenters. The first-order valence-corrected chi connectivity index (χ1v) is 8.77. The van der Waals surface area contributed by atoms with Gasteiger partial charge in [-0.1, -0.05) is 48.5 Å². The van der Waals surface area contributed by atoms with Crippen molar-refractivity contribution < 1.29 is 14.4 Å². The number of hydrogen-bond donors (Lipinski definition) is 3. The van der Waals surface area contributed by atoms with Crippen LogP contribution in [0.15, 0.2) is 65.2 Å². The van der Waals surface area contributed by atoms with Gasteiger partial charge in [-0.05, 0) is 43.3 Å². The molecule has 0 saturated carbocycles. The fourth-order valence-electron chi connectivity index (χ4n) is 2.10. The maximum atomic E-state index is 11.7. The van der Waals surface area contributed by atoms with Crippen molar-refractivity contribution in [3.05, 3.63) is 77.7 Å². The summed E-state index contributed by atoms with van der Waals surface area (Å²) in [5.74, 6) is 0.178. The Morgan fingerprint density at radius 3 is 2.44 bits per heavy atom. The SMILES string of the molecule is CCc1ccccc1.Cc1cc(C(=O)NC(=S)Nc2cccc(O)c2)no1. The third-order valence-electron chi connectivity index (χ3n) is 3.44. The molecule has 1 heterocycles. The van der Waals surface area contributed by atoms with Crippen LogP contribution in [0, 0.1) is 6.92 Å². The van der Waals surface area contributed by atoms with Crippen LogP contribution in [0.4, 0.5) is 5.69 Å². The van der Waals surface area contributed by atoms with E-state index in [1.54, 1.807) is 19.1 Å². The minimum atomic E-state index is -0.463. The van der Waals surface area contributed by atoms with Crippen molar-refractivity contribution in [1.82, 2.24) is 10.5 Å². The largest absolute Gasteiger partial charge is 0.508 e. The summed E-state index contributed by atoms with van der Waals surface area (Å²) in [6.07, 6.45) is 1.14. The van der Waals surface area contributed by atoms with Gasteiger partial charge in [-0.2, -0.15) is 0 Å². The number of rotatable bonds is 3. The molecule has 0 aliphatic carbocycles. The lowest BCUT2D eigenvalue weighted by Gasteiger charge is -2.08. The third-order valence-corrected chi connectivity index (χ3v) is 3.65. The van der Waals surface area contributed by atoms with Crippen molar-refractivity contribution >= 4 is 28.9 Å². The molecule has 0 saturated heterocycles. The highest BCUT2D eigenvalue weighted by Crippen LogP contribution is 2.15. The molecule has 0 aliphatic rings. The predicted molar refractivity (Wildman–Crippen MR) is 109 cm³/mol. The summed E-state index contributed by atoms with van der Waals surface area (Å²) in [6, 6.07) is 18.3. The number of hydrogen-bond acceptors (Lipinski definition) is 5. The Morgan fingerprint density at radius 1 is 1.15 bits per heavy atom. The molecule has 3 rings (SSSR count). The number of carbonyl (C=O) groups excluding carboxylic acids is 1. The van der Waals surface area contributed by atoms with Gasteiger partial charge in [-0.25, -0.2) is 0 Å². The number of carbonyl (C=O) groups is 1. The lowest BCUT2D eigenvalue weighted by molar-refractivity contribution is 0.0969. The van der Waals surface area contributed by atoms with Crippen molar-refractivity contribution in [3.63, 3.8) is 0 Å². The molecular weight excluding hydrogens is 362 g/mol. The van der Waals surface area contributed by atoms with E-state index in [0.29, 0.717) is 11.4 Å². The van der Waals surface area contributed by atoms with E-state index >= 15 is 0 Å². The Hall–Kier alpha value is -3.19. The van der Waals surface area contributed by atoms with E-state index < -0.39 is 5.91 Å². The van der Waals surface area contributed by atoms with Crippen LogP contribution in [0.2, 0.25) is 0 Å². The van der Waals surface area contributed by atoms with Gasteiger partial charge in [-0.15, -0.1) is 0 Å². The molecule has 3 aromatic rings. The van der Waals surface area contributed by atoms with E-state index in [9.17, 15) is 9.90 Å². The van der Waals surface area contributed by atoms with Crippen LogP contribution >= 0.6 is 12.2 Å². The molecule has 1 amide bonds. The Kier molecular flexibility index (Phi) is 7.51. The second-order valence-electron chi connectivity index (χ2n) is 5.62. The van der Waals surface area contributed by atoms with Gasteiger partial charge < -0.3 is 14.9 Å². The Labute approximate surface area is 163 Å². The van der Waals surface area contributed by atoms with Crippen LogP contribution in [-0.4, -0.2) is 21.3 Å². The van der Waals surface area contributed by atoms with Gasteiger partial charge in [0.1, 0.15) is 11.5 Å². The molecule has 27 heavy (non-hydrogen) atoms. The fraction of sp³-hybridized carbons (Fsp3) is 0.150. The summed E-state index contributed by atoms with van der Waals surface area (Å²) in [6.45, 7) is 3.85. The second kappa shape index (κ2) is 10.1. The van der Waals surface area contributed by atoms with Crippen LogP contribution < -0.4 is 10.6 Å². The highest BCUT2D eigenvalue weighted by atomic mass is 32.1. The summed E-state index contributed by atoms with van der Waals surface area (Å²) in [5, 5.41) is 18.2. The number of phenolic OH excluding ortho intramolecular Hbond substituents is 1. The number of thiocarbonyl (C=S) groups is 1. The number of anilines is 1. The predicted octanol–water partition coefficient (Wildman–Crippen LogP) is 4.06. The molecule has 3 N–H and O–H groups in total. The summed E-state index contributed by atoms with van der Waals surface area (Å²) in [5.41, 5.74) is 2.13. The third kappa shape index (κ3) is 6.91. The Morgan fingerprint density at radius 2 is 1.89 bits per heavy atom. The van der Waals surface area contributed by atoms with Gasteiger partial charge in [-0.3, -0.25) is 10.1 Å². The van der Waals surface area contributed by atoms with Gasteiger partial charge in [0.25, 0.3) is 5.91 Å². The molecule has 7 heteroatoms. The molecule has 2 aromatic carbocycles. The Bertz CT molecular complexity index is 894. The van der Waals surface area contributed by atoms with Gasteiger partial charge in [0.15, 0.2) is 10.8 Å². The van der Waals surface area contributed by atoms with E-state index in [1.165, 1.54) is 23.8 Å². The maximum Gasteiger partial charge on any atom is 0.279 e. The monoisotopic (exact) mass is 383 g/mol. The highest BCUT2D eigenvalue weighted by molar-refractivity contribution is 7.80. The lowest BCUT2D eigenvalue weighted by atomic mass is 10.2. The normalized spacial score (nSPS) is 9.70. The second-order valence-corrected chi connectivity index (χ2v) is 6.03. The van der Waals surface area contributed by atoms with Crippen molar-refractivity contribution in [2.75, 3.05) is 5.32 Å². The fourth-order valence-corrected chi connectivity index (χ4v) is 2.31. The van der Waals surface area contributed by atoms with Crippen molar-refractivity contribution in [2.45, 2.75) is 20.3 Å². The number of phenols is 1. The summed E-state index contributed by atoms with van der Waals surface area (Å²) in [7, 11) is 0. The van der Waals surface area contributed by atoms with Crippen molar-refractivity contribution in [1.29, 1.82) is 0 Å². The number of aryl methyl sites for hydroxylation is 2. The van der Waals surface area contributed by atoms with Gasteiger partial charge in [0.05, 0.1) is 0 Å². The molecule has 0 bridgehead atoms. The molecule has 0 radical (unpaired) electrons. The minimum absolute atomic E-state index is 0.103. The Balaban J connectivity index is 0.000000273. The van der Waals surface area contributed by atoms with Gasteiger partial charge in [0.2, 0.25) is 0 Å². The number of aromatic hydroxyl groups is 1. The molecule has 140 valence electrons. The standard InChI is InChI=1S/C12H11N3O3S.C8H10/c1-7-5-10(15-18-7)11(17)14-12(19)13-8-3-2-4-9(16)6-8;1-2-8-6-4-3-5-7-8/h2-6,16H,1H3,(H2,13,14,17,19);3-7H,2H2,1H3. The number of benzene rings is 2. The van der Waals surface area contributed by atoms with E-state index in [-0.39, 0.29) is 16.6 Å². The molecule has 0 unspecified atom stereocenters. The molecule has 0 fully saturated rings. The molecule has 0 spiro atoms. The van der Waals surface area contributed by atoms with Crippen LogP contribution in [0.5, 0.6) is 5.75 Å². The van der Waals surface area contributed by atoms with Gasteiger partial charge in [0, 0.05) is 17.8 Å². The summed E-state index contributed by atoms with van der Waals surface area (Å²) < 4.78 is 4.79. The smallest absolute Gasteiger partial charge is 0.279 e. The molecule has 0 aliphatic heterocycles. The maximum absolute atomic E-state index is 11.7. The van der Waals surface area contributed by atoms with E-state index in [4.69, 9.17) is 16.7 Å². The topological polar surface area (TPSA) is 87.4 Å². The van der Waals surface area contributed by atoms with Crippen LogP contribution in [-0.2, 0) is 6.42 Å². The first-order valence-electron chi connectivity index (χ1n) is 8.36. The van der Waals surface area contributed by atoms with Crippen LogP contribution in [0.1, 0.15) is 28.7 Å². The highest BCUT2D eigenvalue weighted by Gasteiger charge is 2.12. The molecule has 1 aromatic heterocycles. The van der Waals surface area contributed by atoms with Crippen molar-refractivity contribution in [2.24, 2.45) is 0 Å². The summed E-state index contributed by atoms with van der Waals surface area (Å²) in [4.78, 5) is 11.7. The van der Waals surface area contributed by atoms with E-state index in [0.717, 1.165) is 6.42 Å². The lowest BCUT2D eigenvalue weighted by Crippen LogP contribution is -2.34. The zero-order chi connectivity index (χ0) is 19.6. The first-order chi connectivity index (χ1) is 13.0. The average molecular weight is 383 g/mol. The van der Waals surface area contributed by atoms with E-state index in [2.05, 4.69) is 47.0 Å². The number of aromatic nitrogens is 1. The van der Waals surface area contributed by atoms with Crippen LogP contribution in [0.25, 0.3) is 0 Å². The zero-order valence-corrected chi connectivity index (χ0v) is 15.9. The molecule has 6 nitrogen and oxygen atoms in total. The quantitative estimate of drug-likeness (QED) is 0.591. The van der Waals surface area contributed by atoms with Crippen LogP contribution in [0.3, 0.4) is 0 Å². The van der Waals surface area contributed by atoms with Gasteiger partial charge >= 0.3 is 0 Å². The first kappa shape index (κ1) is 20.1. The minimum Gasteiger partial charge on any atom is -0.508 e. The number of nitrogens with zero attached hydrogens (tertiary/aromatic N) is 1. The number of amides is 1. The number of nitrogens with one attached hydrogen (secondary N) is 2. The summed E-state index contributed by atoms with van der Waals surface area (Å²) >= 11 is 4.98. The molecular formula is C20H21N3O3S. The average Bonchev–Trinajstić information content (AvgIpc) is 3.09. The zero-order valence-electron chi connectivity index (χ0n) is 15.1. The van der Waals surface area contributed by atoms with E-state index in [1.807, 2.05) is 6.07 Å². The van der Waals surface area contributed by atoms with Crippen molar-refractivity contribution in [3.8, 4) is 5.75 Å².